The Kier molecular flexibility index (Phi) is 6.49. The zero-order chi connectivity index (χ0) is 19.8. The summed E-state index contributed by atoms with van der Waals surface area (Å²) in [5, 5.41) is 1.17. The van der Waals surface area contributed by atoms with E-state index in [1.807, 2.05) is 6.92 Å². The fourth-order valence-corrected chi connectivity index (χ4v) is 5.14. The molecule has 30 heavy (non-hydrogen) atoms. The third-order valence-corrected chi connectivity index (χ3v) is 7.15. The van der Waals surface area contributed by atoms with Gasteiger partial charge in [-0.05, 0) is 56.9 Å². The number of halogens is 1. The number of benzene rings is 1. The van der Waals surface area contributed by atoms with Gasteiger partial charge in [0.15, 0.2) is 0 Å². The molecule has 1 aromatic carbocycles. The van der Waals surface area contributed by atoms with Crippen LogP contribution in [0.25, 0.3) is 10.9 Å². The third-order valence-electron chi connectivity index (χ3n) is 7.15. The zero-order valence-electron chi connectivity index (χ0n) is 17.9. The van der Waals surface area contributed by atoms with Crippen LogP contribution in [0.5, 0.6) is 0 Å². The molecule has 3 heterocycles. The van der Waals surface area contributed by atoms with Gasteiger partial charge in [0, 0.05) is 62.1 Å². The van der Waals surface area contributed by atoms with Gasteiger partial charge in [0.1, 0.15) is 0 Å². The molecule has 1 atom stereocenters. The molecule has 1 amide bonds. The Hall–Kier alpha value is -1.85. The van der Waals surface area contributed by atoms with Crippen molar-refractivity contribution < 1.29 is 4.79 Å². The largest absolute Gasteiger partial charge is 0.371 e. The van der Waals surface area contributed by atoms with E-state index in [-0.39, 0.29) is 18.3 Å². The summed E-state index contributed by atoms with van der Waals surface area (Å²) in [6.45, 7) is 7.89. The second-order valence-electron chi connectivity index (χ2n) is 9.06. The molecule has 3 aliphatic rings. The molecule has 1 aromatic heterocycles. The van der Waals surface area contributed by atoms with Crippen molar-refractivity contribution in [1.82, 2.24) is 14.8 Å². The molecule has 0 radical (unpaired) electrons. The predicted molar refractivity (Wildman–Crippen MR) is 124 cm³/mol. The number of anilines is 1. The van der Waals surface area contributed by atoms with Crippen LogP contribution in [0.1, 0.15) is 37.8 Å². The van der Waals surface area contributed by atoms with E-state index < -0.39 is 0 Å². The second kappa shape index (κ2) is 9.11. The maximum absolute atomic E-state index is 13.2. The lowest BCUT2D eigenvalue weighted by atomic mass is 9.91. The Balaban J connectivity index is 0.00000218. The highest BCUT2D eigenvalue weighted by molar-refractivity contribution is 5.85. The van der Waals surface area contributed by atoms with Crippen molar-refractivity contribution in [3.05, 3.63) is 36.0 Å². The molecule has 2 aliphatic heterocycles. The minimum absolute atomic E-state index is 0. The number of rotatable bonds is 3. The Labute approximate surface area is 185 Å². The second-order valence-corrected chi connectivity index (χ2v) is 9.06. The Morgan fingerprint density at radius 3 is 2.63 bits per heavy atom. The van der Waals surface area contributed by atoms with Crippen molar-refractivity contribution in [1.29, 1.82) is 0 Å². The van der Waals surface area contributed by atoms with Crippen LogP contribution in [-0.4, -0.2) is 66.0 Å². The summed E-state index contributed by atoms with van der Waals surface area (Å²) in [6.07, 6.45) is 6.17. The molecular formula is C24H33ClN4O. The van der Waals surface area contributed by atoms with Crippen LogP contribution in [0, 0.1) is 12.8 Å². The molecule has 2 aromatic rings. The van der Waals surface area contributed by atoms with E-state index in [0.717, 1.165) is 69.4 Å². The van der Waals surface area contributed by atoms with E-state index in [2.05, 4.69) is 50.0 Å². The van der Waals surface area contributed by atoms with Gasteiger partial charge in [0.25, 0.3) is 0 Å². The van der Waals surface area contributed by atoms with Crippen molar-refractivity contribution >= 4 is 34.9 Å². The fraction of sp³-hybridized carbons (Fsp3) is 0.583. The summed E-state index contributed by atoms with van der Waals surface area (Å²) in [5.74, 6) is 0.512. The monoisotopic (exact) mass is 428 g/mol. The molecule has 3 fully saturated rings. The van der Waals surface area contributed by atoms with Crippen LogP contribution >= 0.6 is 12.4 Å². The van der Waals surface area contributed by atoms with Gasteiger partial charge in [0.05, 0.1) is 11.4 Å². The molecule has 1 aliphatic carbocycles. The van der Waals surface area contributed by atoms with Crippen LogP contribution < -0.4 is 4.90 Å². The van der Waals surface area contributed by atoms with Crippen LogP contribution in [0.3, 0.4) is 0 Å². The molecule has 5 nitrogen and oxygen atoms in total. The minimum Gasteiger partial charge on any atom is -0.371 e. The average molecular weight is 429 g/mol. The van der Waals surface area contributed by atoms with E-state index in [0.29, 0.717) is 5.91 Å². The molecule has 0 spiro atoms. The van der Waals surface area contributed by atoms with Crippen molar-refractivity contribution in [2.45, 2.75) is 45.1 Å². The Bertz CT molecular complexity index is 900. The number of hydrogen-bond donors (Lipinski definition) is 0. The van der Waals surface area contributed by atoms with Crippen molar-refractivity contribution in [2.75, 3.05) is 44.2 Å². The molecular weight excluding hydrogens is 396 g/mol. The lowest BCUT2D eigenvalue weighted by molar-refractivity contribution is -0.134. The standard InChI is InChI=1S/C24H32N4O.ClH/c1-18-6-7-19-16-22(8-9-23(19)25-18)28-13-10-20(17-28)24(29)27-12-3-11-26(14-15-27)21-4-2-5-21;/h6-9,16,20-21H,2-5,10-15,17H2,1H3;1H/t20-;/m0./s1. The normalized spacial score (nSPS) is 23.2. The average Bonchev–Trinajstić information content (AvgIpc) is 3.06. The quantitative estimate of drug-likeness (QED) is 0.743. The highest BCUT2D eigenvalue weighted by Crippen LogP contribution is 2.29. The molecule has 162 valence electrons. The Morgan fingerprint density at radius 2 is 1.83 bits per heavy atom. The van der Waals surface area contributed by atoms with E-state index in [9.17, 15) is 4.79 Å². The van der Waals surface area contributed by atoms with Gasteiger partial charge in [0.2, 0.25) is 5.91 Å². The Morgan fingerprint density at radius 1 is 0.967 bits per heavy atom. The van der Waals surface area contributed by atoms with Gasteiger partial charge < -0.3 is 9.80 Å². The molecule has 2 saturated heterocycles. The lowest BCUT2D eigenvalue weighted by Crippen LogP contribution is -2.43. The van der Waals surface area contributed by atoms with E-state index in [1.54, 1.807) is 0 Å². The minimum atomic E-state index is 0. The van der Waals surface area contributed by atoms with Crippen LogP contribution in [0.15, 0.2) is 30.3 Å². The van der Waals surface area contributed by atoms with Gasteiger partial charge in [-0.1, -0.05) is 12.5 Å². The van der Waals surface area contributed by atoms with Gasteiger partial charge in [-0.2, -0.15) is 0 Å². The molecule has 1 saturated carbocycles. The first-order chi connectivity index (χ1) is 14.2. The van der Waals surface area contributed by atoms with E-state index >= 15 is 0 Å². The highest BCUT2D eigenvalue weighted by Gasteiger charge is 2.33. The SMILES string of the molecule is Cc1ccc2cc(N3CC[C@H](C(=O)N4CCCN(C5CCC5)CC4)C3)ccc2n1.Cl. The number of aryl methyl sites for hydroxylation is 1. The fourth-order valence-electron chi connectivity index (χ4n) is 5.14. The number of fused-ring (bicyclic) bond motifs is 1. The first-order valence-corrected chi connectivity index (χ1v) is 11.3. The maximum atomic E-state index is 13.2. The van der Waals surface area contributed by atoms with Crippen LogP contribution in [0.2, 0.25) is 0 Å². The summed E-state index contributed by atoms with van der Waals surface area (Å²) < 4.78 is 0. The molecule has 5 rings (SSSR count). The van der Waals surface area contributed by atoms with Crippen LogP contribution in [-0.2, 0) is 4.79 Å². The number of carbonyl (C=O) groups is 1. The van der Waals surface area contributed by atoms with Gasteiger partial charge in [-0.15, -0.1) is 12.4 Å². The molecule has 0 unspecified atom stereocenters. The van der Waals surface area contributed by atoms with E-state index in [4.69, 9.17) is 0 Å². The number of aromatic nitrogens is 1. The van der Waals surface area contributed by atoms with E-state index in [1.165, 1.54) is 30.3 Å². The smallest absolute Gasteiger partial charge is 0.227 e. The van der Waals surface area contributed by atoms with Crippen molar-refractivity contribution in [3.8, 4) is 0 Å². The first-order valence-electron chi connectivity index (χ1n) is 11.3. The maximum Gasteiger partial charge on any atom is 0.227 e. The van der Waals surface area contributed by atoms with Crippen LogP contribution in [0.4, 0.5) is 5.69 Å². The molecule has 0 bridgehead atoms. The number of nitrogens with zero attached hydrogens (tertiary/aromatic N) is 4. The predicted octanol–water partition coefficient (Wildman–Crippen LogP) is 3.88. The summed E-state index contributed by atoms with van der Waals surface area (Å²) in [4.78, 5) is 25.0. The summed E-state index contributed by atoms with van der Waals surface area (Å²) >= 11 is 0. The van der Waals surface area contributed by atoms with Gasteiger partial charge >= 0.3 is 0 Å². The first kappa shape index (κ1) is 21.4. The van der Waals surface area contributed by atoms with Gasteiger partial charge in [-0.3, -0.25) is 14.7 Å². The molecule has 6 heteroatoms. The topological polar surface area (TPSA) is 39.7 Å². The zero-order valence-corrected chi connectivity index (χ0v) is 18.7. The summed E-state index contributed by atoms with van der Waals surface area (Å²) in [5.41, 5.74) is 3.30. The number of amides is 1. The number of hydrogen-bond acceptors (Lipinski definition) is 4. The molecule has 0 N–H and O–H groups in total. The van der Waals surface area contributed by atoms with Crippen molar-refractivity contribution in [3.63, 3.8) is 0 Å². The number of carbonyl (C=O) groups excluding carboxylic acids is 1. The third kappa shape index (κ3) is 4.28. The number of pyridine rings is 1. The van der Waals surface area contributed by atoms with Gasteiger partial charge in [-0.25, -0.2) is 0 Å². The summed E-state index contributed by atoms with van der Waals surface area (Å²) in [7, 11) is 0. The highest BCUT2D eigenvalue weighted by atomic mass is 35.5. The van der Waals surface area contributed by atoms with Crippen molar-refractivity contribution in [2.24, 2.45) is 5.92 Å². The summed E-state index contributed by atoms with van der Waals surface area (Å²) in [6, 6.07) is 11.5. The lowest BCUT2D eigenvalue weighted by Gasteiger charge is -2.36.